The molecule has 3 nitrogen and oxygen atoms in total. The van der Waals surface area contributed by atoms with Gasteiger partial charge in [-0.1, -0.05) is 17.7 Å². The van der Waals surface area contributed by atoms with Crippen molar-refractivity contribution in [3.8, 4) is 11.5 Å². The highest BCUT2D eigenvalue weighted by Gasteiger charge is 2.17. The predicted octanol–water partition coefficient (Wildman–Crippen LogP) is 4.09. The summed E-state index contributed by atoms with van der Waals surface area (Å²) in [5, 5.41) is 10.2. The van der Waals surface area contributed by atoms with Crippen LogP contribution in [0.2, 0.25) is 4.34 Å². The highest BCUT2D eigenvalue weighted by Crippen LogP contribution is 2.36. The van der Waals surface area contributed by atoms with Gasteiger partial charge in [0.25, 0.3) is 0 Å². The Kier molecular flexibility index (Phi) is 4.80. The molecule has 0 amide bonds. The molecule has 0 radical (unpaired) electrons. The van der Waals surface area contributed by atoms with Gasteiger partial charge in [-0.2, -0.15) is 8.78 Å². The van der Waals surface area contributed by atoms with E-state index >= 15 is 0 Å². The molecule has 0 bridgehead atoms. The standard InChI is InChI=1S/C13H11ClF2O3S/c1-18-8-3-2-7(6-9(8)19-13(15)16)12(17)10-4-5-11(14)20-10/h2-6,12-13,17H,1H3. The van der Waals surface area contributed by atoms with E-state index in [0.29, 0.717) is 14.8 Å². The first kappa shape index (κ1) is 15.0. The third-order valence-electron chi connectivity index (χ3n) is 2.58. The molecule has 108 valence electrons. The number of halogens is 3. The first-order valence-electron chi connectivity index (χ1n) is 5.57. The third-order valence-corrected chi connectivity index (χ3v) is 3.87. The molecule has 1 atom stereocenters. The fourth-order valence-electron chi connectivity index (χ4n) is 1.69. The van der Waals surface area contributed by atoms with Gasteiger partial charge < -0.3 is 14.6 Å². The molecule has 0 saturated heterocycles. The third kappa shape index (κ3) is 3.39. The quantitative estimate of drug-likeness (QED) is 0.901. The lowest BCUT2D eigenvalue weighted by molar-refractivity contribution is -0.0513. The SMILES string of the molecule is COc1ccc(C(O)c2ccc(Cl)s2)cc1OC(F)F. The number of hydrogen-bond donors (Lipinski definition) is 1. The average Bonchev–Trinajstić information content (AvgIpc) is 2.84. The van der Waals surface area contributed by atoms with E-state index < -0.39 is 12.7 Å². The van der Waals surface area contributed by atoms with Crippen molar-refractivity contribution in [2.24, 2.45) is 0 Å². The highest BCUT2D eigenvalue weighted by molar-refractivity contribution is 7.16. The van der Waals surface area contributed by atoms with E-state index in [-0.39, 0.29) is 11.5 Å². The Labute approximate surface area is 123 Å². The topological polar surface area (TPSA) is 38.7 Å². The van der Waals surface area contributed by atoms with Gasteiger partial charge in [-0.3, -0.25) is 0 Å². The molecule has 0 aliphatic carbocycles. The number of methoxy groups -OCH3 is 1. The van der Waals surface area contributed by atoms with Crippen LogP contribution in [-0.2, 0) is 0 Å². The minimum atomic E-state index is -2.97. The number of aliphatic hydroxyl groups is 1. The van der Waals surface area contributed by atoms with Crippen LogP contribution < -0.4 is 9.47 Å². The monoisotopic (exact) mass is 320 g/mol. The van der Waals surface area contributed by atoms with E-state index in [2.05, 4.69) is 4.74 Å². The molecule has 0 aliphatic heterocycles. The van der Waals surface area contributed by atoms with Crippen LogP contribution in [0.25, 0.3) is 0 Å². The van der Waals surface area contributed by atoms with Crippen LogP contribution in [0.1, 0.15) is 16.5 Å². The minimum Gasteiger partial charge on any atom is -0.493 e. The van der Waals surface area contributed by atoms with Crippen LogP contribution in [-0.4, -0.2) is 18.8 Å². The average molecular weight is 321 g/mol. The van der Waals surface area contributed by atoms with Crippen molar-refractivity contribution in [2.45, 2.75) is 12.7 Å². The second-order valence-electron chi connectivity index (χ2n) is 3.83. The number of aliphatic hydroxyl groups excluding tert-OH is 1. The Hall–Kier alpha value is -1.37. The molecule has 1 N–H and O–H groups in total. The summed E-state index contributed by atoms with van der Waals surface area (Å²) in [6, 6.07) is 7.70. The number of alkyl halides is 2. The van der Waals surface area contributed by atoms with Gasteiger partial charge in [-0.25, -0.2) is 0 Å². The smallest absolute Gasteiger partial charge is 0.387 e. The van der Waals surface area contributed by atoms with Crippen LogP contribution in [0.4, 0.5) is 8.78 Å². The van der Waals surface area contributed by atoms with Crippen LogP contribution in [0, 0.1) is 0 Å². The minimum absolute atomic E-state index is 0.123. The van der Waals surface area contributed by atoms with E-state index in [9.17, 15) is 13.9 Å². The molecule has 20 heavy (non-hydrogen) atoms. The summed E-state index contributed by atoms with van der Waals surface area (Å²) in [5.41, 5.74) is 0.417. The van der Waals surface area contributed by atoms with Crippen molar-refractivity contribution in [1.29, 1.82) is 0 Å². The lowest BCUT2D eigenvalue weighted by Gasteiger charge is -2.14. The van der Waals surface area contributed by atoms with Crippen LogP contribution in [0.5, 0.6) is 11.5 Å². The number of ether oxygens (including phenoxy) is 2. The van der Waals surface area contributed by atoms with Gasteiger partial charge in [-0.05, 0) is 29.8 Å². The summed E-state index contributed by atoms with van der Waals surface area (Å²) in [6.45, 7) is -2.97. The van der Waals surface area contributed by atoms with Crippen LogP contribution >= 0.6 is 22.9 Å². The van der Waals surface area contributed by atoms with Gasteiger partial charge in [0.05, 0.1) is 11.4 Å². The highest BCUT2D eigenvalue weighted by atomic mass is 35.5. The summed E-state index contributed by atoms with van der Waals surface area (Å²) in [7, 11) is 1.35. The molecule has 0 fully saturated rings. The molecule has 7 heteroatoms. The maximum atomic E-state index is 12.3. The van der Waals surface area contributed by atoms with Crippen molar-refractivity contribution in [1.82, 2.24) is 0 Å². The fraction of sp³-hybridized carbons (Fsp3) is 0.231. The number of rotatable bonds is 5. The first-order chi connectivity index (χ1) is 9.51. The van der Waals surface area contributed by atoms with Gasteiger partial charge in [0.2, 0.25) is 0 Å². The summed E-state index contributed by atoms with van der Waals surface area (Å²) in [4.78, 5) is 0.614. The van der Waals surface area contributed by atoms with Crippen molar-refractivity contribution in [2.75, 3.05) is 7.11 Å². The second-order valence-corrected chi connectivity index (χ2v) is 5.58. The molecule has 1 unspecified atom stereocenters. The molecule has 2 rings (SSSR count). The van der Waals surface area contributed by atoms with E-state index in [1.54, 1.807) is 18.2 Å². The Morgan fingerprint density at radius 1 is 1.20 bits per heavy atom. The zero-order valence-electron chi connectivity index (χ0n) is 10.3. The van der Waals surface area contributed by atoms with Crippen LogP contribution in [0.3, 0.4) is 0 Å². The number of thiophene rings is 1. The lowest BCUT2D eigenvalue weighted by atomic mass is 10.1. The summed E-state index contributed by atoms with van der Waals surface area (Å²) in [6.07, 6.45) is -0.960. The maximum absolute atomic E-state index is 12.3. The van der Waals surface area contributed by atoms with Gasteiger partial charge in [-0.15, -0.1) is 11.3 Å². The first-order valence-corrected chi connectivity index (χ1v) is 6.76. The summed E-state index contributed by atoms with van der Waals surface area (Å²) < 4.78 is 34.5. The fourth-order valence-corrected chi connectivity index (χ4v) is 2.77. The molecule has 0 spiro atoms. The Morgan fingerprint density at radius 3 is 2.50 bits per heavy atom. The molecular weight excluding hydrogens is 310 g/mol. The van der Waals surface area contributed by atoms with Crippen molar-refractivity contribution in [3.63, 3.8) is 0 Å². The molecular formula is C13H11ClF2O3S. The van der Waals surface area contributed by atoms with Crippen molar-refractivity contribution >= 4 is 22.9 Å². The molecule has 1 heterocycles. The second kappa shape index (κ2) is 6.39. The lowest BCUT2D eigenvalue weighted by Crippen LogP contribution is -2.05. The van der Waals surface area contributed by atoms with Gasteiger partial charge >= 0.3 is 6.61 Å². The van der Waals surface area contributed by atoms with Gasteiger partial charge in [0.15, 0.2) is 11.5 Å². The maximum Gasteiger partial charge on any atom is 0.387 e. The van der Waals surface area contributed by atoms with E-state index in [4.69, 9.17) is 16.3 Å². The molecule has 0 aliphatic rings. The Bertz CT molecular complexity index is 589. The zero-order chi connectivity index (χ0) is 14.7. The Balaban J connectivity index is 2.32. The zero-order valence-corrected chi connectivity index (χ0v) is 11.9. The molecule has 2 aromatic rings. The van der Waals surface area contributed by atoms with E-state index in [0.717, 1.165) is 0 Å². The normalized spacial score (nSPS) is 12.5. The van der Waals surface area contributed by atoms with Crippen LogP contribution in [0.15, 0.2) is 30.3 Å². The molecule has 1 aromatic carbocycles. The van der Waals surface area contributed by atoms with E-state index in [1.165, 1.54) is 30.6 Å². The molecule has 1 aromatic heterocycles. The predicted molar refractivity (Wildman–Crippen MR) is 73.0 cm³/mol. The Morgan fingerprint density at radius 2 is 1.95 bits per heavy atom. The summed E-state index contributed by atoms with van der Waals surface area (Å²) in [5.74, 6) is 0.0483. The molecule has 0 saturated carbocycles. The van der Waals surface area contributed by atoms with Crippen molar-refractivity contribution < 1.29 is 23.4 Å². The van der Waals surface area contributed by atoms with Gasteiger partial charge in [0.1, 0.15) is 6.10 Å². The number of hydrogen-bond acceptors (Lipinski definition) is 4. The largest absolute Gasteiger partial charge is 0.493 e. The number of benzene rings is 1. The van der Waals surface area contributed by atoms with E-state index in [1.807, 2.05) is 0 Å². The van der Waals surface area contributed by atoms with Gasteiger partial charge in [0, 0.05) is 4.88 Å². The van der Waals surface area contributed by atoms with Crippen molar-refractivity contribution in [3.05, 3.63) is 45.1 Å². The summed E-state index contributed by atoms with van der Waals surface area (Å²) >= 11 is 7.02.